The van der Waals surface area contributed by atoms with Crippen LogP contribution in [-0.2, 0) is 30.4 Å². The van der Waals surface area contributed by atoms with Gasteiger partial charge in [-0.15, -0.1) is 0 Å². The fraction of sp³-hybridized carbons (Fsp3) is 0.556. The smallest absolute Gasteiger partial charge is 0.240 e. The Morgan fingerprint density at radius 2 is 1.93 bits per heavy atom. The van der Waals surface area contributed by atoms with Gasteiger partial charge in [0.05, 0.1) is 6.33 Å². The van der Waals surface area contributed by atoms with E-state index in [9.17, 15) is 24.0 Å². The molecule has 154 valence electrons. The van der Waals surface area contributed by atoms with Gasteiger partial charge in [0.2, 0.25) is 11.8 Å². The molecule has 0 spiro atoms. The molecule has 2 amide bonds. The van der Waals surface area contributed by atoms with Crippen molar-refractivity contribution < 1.29 is 24.0 Å². The van der Waals surface area contributed by atoms with Gasteiger partial charge >= 0.3 is 0 Å². The van der Waals surface area contributed by atoms with Crippen molar-refractivity contribution in [1.82, 2.24) is 15.3 Å². The molecule has 0 radical (unpaired) electrons. The number of imidazole rings is 1. The molecule has 1 aromatic rings. The fourth-order valence-corrected chi connectivity index (χ4v) is 3.52. The minimum atomic E-state index is -0.967. The van der Waals surface area contributed by atoms with E-state index in [2.05, 4.69) is 15.3 Å². The van der Waals surface area contributed by atoms with Gasteiger partial charge in [-0.1, -0.05) is 11.8 Å². The maximum Gasteiger partial charge on any atom is 0.240 e. The van der Waals surface area contributed by atoms with Crippen molar-refractivity contribution in [2.45, 2.75) is 52.0 Å². The number of ketones is 2. The zero-order valence-electron chi connectivity index (χ0n) is 16.0. The lowest BCUT2D eigenvalue weighted by Crippen LogP contribution is -2.45. The molecule has 4 N–H and O–H groups in total. The van der Waals surface area contributed by atoms with Crippen LogP contribution in [0.15, 0.2) is 12.5 Å². The van der Waals surface area contributed by atoms with Gasteiger partial charge < -0.3 is 20.8 Å². The van der Waals surface area contributed by atoms with E-state index in [0.29, 0.717) is 25.0 Å². The van der Waals surface area contributed by atoms with E-state index in [0.717, 1.165) is 11.8 Å². The highest BCUT2D eigenvalue weighted by molar-refractivity contribution is 8.13. The number of aromatic nitrogens is 2. The molecule has 0 aliphatic heterocycles. The van der Waals surface area contributed by atoms with Crippen LogP contribution in [0.4, 0.5) is 0 Å². The Kier molecular flexibility index (Phi) is 10.1. The Morgan fingerprint density at radius 1 is 1.21 bits per heavy atom. The van der Waals surface area contributed by atoms with Crippen LogP contribution in [0.2, 0.25) is 0 Å². The zero-order chi connectivity index (χ0) is 21.1. The Hall–Kier alpha value is -2.49. The van der Waals surface area contributed by atoms with Crippen molar-refractivity contribution in [3.63, 3.8) is 0 Å². The van der Waals surface area contributed by atoms with Gasteiger partial charge in [0.1, 0.15) is 17.6 Å². The van der Waals surface area contributed by atoms with E-state index in [1.54, 1.807) is 6.20 Å². The lowest BCUT2D eigenvalue weighted by atomic mass is 9.96. The summed E-state index contributed by atoms with van der Waals surface area (Å²) in [5, 5.41) is 2.12. The Balaban J connectivity index is 2.70. The van der Waals surface area contributed by atoms with E-state index in [1.807, 2.05) is 0 Å². The molecular weight excluding hydrogens is 384 g/mol. The van der Waals surface area contributed by atoms with Crippen LogP contribution < -0.4 is 11.1 Å². The number of Topliss-reactive ketones (excluding diaryl/α,β-unsaturated/α-hetero) is 2. The molecule has 0 bridgehead atoms. The SMILES string of the molecule is CC(=O)CCCC(=O)C[C@@H](Cc1cnc[nH]1)C(=O)SCC(NC(C)=O)C(N)=O. The first-order valence-electron chi connectivity index (χ1n) is 8.90. The van der Waals surface area contributed by atoms with E-state index in [4.69, 9.17) is 5.73 Å². The maximum absolute atomic E-state index is 12.7. The van der Waals surface area contributed by atoms with Crippen LogP contribution in [0.3, 0.4) is 0 Å². The summed E-state index contributed by atoms with van der Waals surface area (Å²) < 4.78 is 0. The van der Waals surface area contributed by atoms with Crippen molar-refractivity contribution in [1.29, 1.82) is 0 Å². The number of carbonyl (C=O) groups is 5. The number of hydrogen-bond acceptors (Lipinski definition) is 7. The number of aromatic amines is 1. The van der Waals surface area contributed by atoms with E-state index in [-0.39, 0.29) is 35.3 Å². The Labute approximate surface area is 167 Å². The van der Waals surface area contributed by atoms with Crippen LogP contribution in [-0.4, -0.2) is 50.3 Å². The highest BCUT2D eigenvalue weighted by Crippen LogP contribution is 2.21. The number of carbonyl (C=O) groups excluding carboxylic acids is 5. The van der Waals surface area contributed by atoms with Crippen molar-refractivity contribution in [2.75, 3.05) is 5.75 Å². The summed E-state index contributed by atoms with van der Waals surface area (Å²) in [6, 6.07) is -0.967. The molecule has 28 heavy (non-hydrogen) atoms. The second-order valence-electron chi connectivity index (χ2n) is 6.56. The summed E-state index contributed by atoms with van der Waals surface area (Å²) in [5.41, 5.74) is 5.96. The molecule has 1 aromatic heterocycles. The van der Waals surface area contributed by atoms with Gasteiger partial charge in [-0.3, -0.25) is 19.2 Å². The number of rotatable bonds is 13. The number of amides is 2. The number of H-pyrrole nitrogens is 1. The minimum Gasteiger partial charge on any atom is -0.368 e. The third-order valence-corrected chi connectivity index (χ3v) is 5.04. The van der Waals surface area contributed by atoms with Gasteiger partial charge in [-0.2, -0.15) is 0 Å². The summed E-state index contributed by atoms with van der Waals surface area (Å²) in [5.74, 6) is -1.86. The number of hydrogen-bond donors (Lipinski definition) is 3. The first kappa shape index (κ1) is 23.5. The molecule has 0 saturated heterocycles. The average molecular weight is 410 g/mol. The van der Waals surface area contributed by atoms with Crippen molar-refractivity contribution >= 4 is 40.3 Å². The van der Waals surface area contributed by atoms with Crippen LogP contribution in [0, 0.1) is 5.92 Å². The predicted octanol–water partition coefficient (Wildman–Crippen LogP) is 0.537. The number of primary amides is 1. The average Bonchev–Trinajstić information content (AvgIpc) is 3.10. The summed E-state index contributed by atoms with van der Waals surface area (Å²) in [7, 11) is 0. The molecule has 0 aliphatic carbocycles. The molecule has 2 atom stereocenters. The van der Waals surface area contributed by atoms with Crippen molar-refractivity contribution in [2.24, 2.45) is 11.7 Å². The Bertz CT molecular complexity index is 705. The largest absolute Gasteiger partial charge is 0.368 e. The van der Waals surface area contributed by atoms with Crippen LogP contribution in [0.25, 0.3) is 0 Å². The molecule has 1 heterocycles. The van der Waals surface area contributed by atoms with Gasteiger partial charge in [-0.25, -0.2) is 4.98 Å². The summed E-state index contributed by atoms with van der Waals surface area (Å²) in [4.78, 5) is 65.3. The third kappa shape index (κ3) is 9.45. The fourth-order valence-electron chi connectivity index (χ4n) is 2.54. The van der Waals surface area contributed by atoms with Gasteiger partial charge in [0.15, 0.2) is 5.12 Å². The Morgan fingerprint density at radius 3 is 2.46 bits per heavy atom. The number of nitrogens with two attached hydrogens (primary N) is 1. The quantitative estimate of drug-likeness (QED) is 0.429. The van der Waals surface area contributed by atoms with Gasteiger partial charge in [-0.05, 0) is 13.3 Å². The topological polar surface area (TPSA) is 152 Å². The molecule has 0 saturated carbocycles. The first-order chi connectivity index (χ1) is 13.2. The minimum absolute atomic E-state index is 0.00818. The van der Waals surface area contributed by atoms with E-state index >= 15 is 0 Å². The lowest BCUT2D eigenvalue weighted by molar-refractivity contribution is -0.125. The highest BCUT2D eigenvalue weighted by atomic mass is 32.2. The summed E-state index contributed by atoms with van der Waals surface area (Å²) in [6.07, 6.45) is 4.41. The van der Waals surface area contributed by atoms with Gasteiger partial charge in [0, 0.05) is 56.2 Å². The van der Waals surface area contributed by atoms with E-state index in [1.165, 1.54) is 20.2 Å². The van der Waals surface area contributed by atoms with Crippen LogP contribution in [0.5, 0.6) is 0 Å². The summed E-state index contributed by atoms with van der Waals surface area (Å²) in [6.45, 7) is 2.72. The highest BCUT2D eigenvalue weighted by Gasteiger charge is 2.26. The van der Waals surface area contributed by atoms with Crippen LogP contribution >= 0.6 is 11.8 Å². The standard InChI is InChI=1S/C18H26N4O5S/c1-11(23)4-3-5-15(25)7-13(6-14-8-20-10-21-14)18(27)28-9-16(17(19)26)22-12(2)24/h8,10,13,16H,3-7,9H2,1-2H3,(H2,19,26)(H,20,21)(H,22,24)/t13-,16?/m1/s1. The molecule has 0 aliphatic rings. The normalized spacial score (nSPS) is 12.8. The first-order valence-corrected chi connectivity index (χ1v) is 9.89. The molecular formula is C18H26N4O5S. The molecule has 1 rings (SSSR count). The summed E-state index contributed by atoms with van der Waals surface area (Å²) >= 11 is 0.860. The molecule has 9 nitrogen and oxygen atoms in total. The second kappa shape index (κ2) is 12.1. The monoisotopic (exact) mass is 410 g/mol. The number of thioether (sulfide) groups is 1. The lowest BCUT2D eigenvalue weighted by Gasteiger charge is -2.17. The molecule has 10 heteroatoms. The third-order valence-electron chi connectivity index (χ3n) is 3.93. The zero-order valence-corrected chi connectivity index (χ0v) is 16.8. The maximum atomic E-state index is 12.7. The molecule has 1 unspecified atom stereocenters. The van der Waals surface area contributed by atoms with E-state index < -0.39 is 23.8 Å². The molecule has 0 fully saturated rings. The second-order valence-corrected chi connectivity index (χ2v) is 7.59. The number of nitrogens with zero attached hydrogens (tertiary/aromatic N) is 1. The molecule has 0 aromatic carbocycles. The predicted molar refractivity (Wildman–Crippen MR) is 104 cm³/mol. The van der Waals surface area contributed by atoms with Crippen LogP contribution in [0.1, 0.15) is 45.2 Å². The van der Waals surface area contributed by atoms with Crippen molar-refractivity contribution in [3.05, 3.63) is 18.2 Å². The van der Waals surface area contributed by atoms with Gasteiger partial charge in [0.25, 0.3) is 0 Å². The number of nitrogens with one attached hydrogen (secondary N) is 2. The van der Waals surface area contributed by atoms with Crippen molar-refractivity contribution in [3.8, 4) is 0 Å².